The lowest BCUT2D eigenvalue weighted by Gasteiger charge is -2.10. The van der Waals surface area contributed by atoms with E-state index in [0.717, 1.165) is 27.7 Å². The fourth-order valence-electron chi connectivity index (χ4n) is 3.06. The summed E-state index contributed by atoms with van der Waals surface area (Å²) >= 11 is 0. The average Bonchev–Trinajstić information content (AvgIpc) is 2.71. The molecule has 124 valence electrons. The van der Waals surface area contributed by atoms with E-state index in [-0.39, 0.29) is 5.56 Å². The van der Waals surface area contributed by atoms with Gasteiger partial charge in [-0.2, -0.15) is 5.26 Å². The molecule has 0 aliphatic rings. The van der Waals surface area contributed by atoms with Crippen LogP contribution in [0.1, 0.15) is 5.56 Å². The zero-order valence-corrected chi connectivity index (χ0v) is 14.2. The van der Waals surface area contributed by atoms with Gasteiger partial charge in [-0.05, 0) is 29.8 Å². The van der Waals surface area contributed by atoms with Crippen molar-refractivity contribution in [2.24, 2.45) is 7.05 Å². The Balaban J connectivity index is 1.88. The number of nitrogens with zero attached hydrogens (tertiary/aromatic N) is 3. The third-order valence-electron chi connectivity index (χ3n) is 4.50. The number of hydrogen-bond acceptors (Lipinski definition) is 3. The molecule has 0 radical (unpaired) electrons. The van der Waals surface area contributed by atoms with Crippen LogP contribution >= 0.6 is 0 Å². The summed E-state index contributed by atoms with van der Waals surface area (Å²) < 4.78 is 1.66. The van der Waals surface area contributed by atoms with Crippen molar-refractivity contribution in [1.29, 1.82) is 5.26 Å². The van der Waals surface area contributed by atoms with Gasteiger partial charge in [0.05, 0.1) is 22.8 Å². The third kappa shape index (κ3) is 2.66. The predicted octanol–water partition coefficient (Wildman–Crippen LogP) is 4.14. The van der Waals surface area contributed by atoms with Gasteiger partial charge in [0.15, 0.2) is 0 Å². The molecule has 0 aliphatic carbocycles. The zero-order chi connectivity index (χ0) is 18.1. The van der Waals surface area contributed by atoms with E-state index < -0.39 is 0 Å². The second-order valence-electron chi connectivity index (χ2n) is 6.11. The van der Waals surface area contributed by atoms with Crippen molar-refractivity contribution in [3.05, 3.63) is 88.8 Å². The topological polar surface area (TPSA) is 58.7 Å². The van der Waals surface area contributed by atoms with Crippen LogP contribution in [0.25, 0.3) is 33.3 Å². The van der Waals surface area contributed by atoms with Crippen molar-refractivity contribution in [3.8, 4) is 28.5 Å². The molecule has 0 amide bonds. The molecular formula is C22H15N3O. The maximum Gasteiger partial charge on any atom is 0.258 e. The molecule has 0 saturated carbocycles. The summed E-state index contributed by atoms with van der Waals surface area (Å²) in [6.45, 7) is 0. The Morgan fingerprint density at radius 2 is 1.69 bits per heavy atom. The largest absolute Gasteiger partial charge is 0.311 e. The van der Waals surface area contributed by atoms with Crippen molar-refractivity contribution in [2.75, 3.05) is 0 Å². The van der Waals surface area contributed by atoms with E-state index in [2.05, 4.69) is 11.1 Å². The van der Waals surface area contributed by atoms with E-state index in [1.165, 1.54) is 0 Å². The van der Waals surface area contributed by atoms with Gasteiger partial charge in [-0.1, -0.05) is 42.5 Å². The van der Waals surface area contributed by atoms with Crippen LogP contribution in [0, 0.1) is 11.3 Å². The highest BCUT2D eigenvalue weighted by Crippen LogP contribution is 2.24. The summed E-state index contributed by atoms with van der Waals surface area (Å²) in [5.41, 5.74) is 4.62. The van der Waals surface area contributed by atoms with E-state index in [1.54, 1.807) is 29.9 Å². The molecule has 0 saturated heterocycles. The molecule has 4 heteroatoms. The van der Waals surface area contributed by atoms with Crippen LogP contribution in [0.2, 0.25) is 0 Å². The lowest BCUT2D eigenvalue weighted by atomic mass is 10.0. The number of rotatable bonds is 2. The molecule has 0 aliphatic heterocycles. The minimum atomic E-state index is -0.0410. The fraction of sp³-hybridized carbons (Fsp3) is 0.0455. The summed E-state index contributed by atoms with van der Waals surface area (Å²) in [6.07, 6.45) is 1.79. The molecule has 26 heavy (non-hydrogen) atoms. The molecule has 0 N–H and O–H groups in total. The van der Waals surface area contributed by atoms with Crippen molar-refractivity contribution >= 4 is 10.9 Å². The number of aromatic nitrogens is 2. The molecule has 4 rings (SSSR count). The first kappa shape index (κ1) is 15.8. The minimum absolute atomic E-state index is 0.0410. The maximum atomic E-state index is 12.8. The number of pyridine rings is 2. The number of benzene rings is 2. The second kappa shape index (κ2) is 6.30. The van der Waals surface area contributed by atoms with Crippen LogP contribution in [0.3, 0.4) is 0 Å². The highest BCUT2D eigenvalue weighted by molar-refractivity contribution is 5.86. The molecule has 4 nitrogen and oxygen atoms in total. The first-order valence-corrected chi connectivity index (χ1v) is 8.23. The Morgan fingerprint density at radius 1 is 0.962 bits per heavy atom. The molecule has 2 aromatic carbocycles. The first-order chi connectivity index (χ1) is 12.7. The van der Waals surface area contributed by atoms with Gasteiger partial charge in [0, 0.05) is 29.8 Å². The minimum Gasteiger partial charge on any atom is -0.311 e. The van der Waals surface area contributed by atoms with Crippen molar-refractivity contribution in [3.63, 3.8) is 0 Å². The smallest absolute Gasteiger partial charge is 0.258 e. The van der Waals surface area contributed by atoms with Crippen LogP contribution in [0.5, 0.6) is 0 Å². The van der Waals surface area contributed by atoms with E-state index in [4.69, 9.17) is 5.26 Å². The first-order valence-electron chi connectivity index (χ1n) is 8.23. The van der Waals surface area contributed by atoms with Crippen LogP contribution in [-0.4, -0.2) is 9.55 Å². The highest BCUT2D eigenvalue weighted by atomic mass is 16.1. The monoisotopic (exact) mass is 337 g/mol. The van der Waals surface area contributed by atoms with Crippen molar-refractivity contribution < 1.29 is 0 Å². The summed E-state index contributed by atoms with van der Waals surface area (Å²) in [6, 6.07) is 22.8. The highest BCUT2D eigenvalue weighted by Gasteiger charge is 2.10. The Hall–Kier alpha value is -3.71. The zero-order valence-electron chi connectivity index (χ0n) is 14.2. The molecule has 0 unspecified atom stereocenters. The summed E-state index contributed by atoms with van der Waals surface area (Å²) in [5.74, 6) is 0. The van der Waals surface area contributed by atoms with Gasteiger partial charge in [-0.3, -0.25) is 9.78 Å². The van der Waals surface area contributed by atoms with Crippen LogP contribution in [-0.2, 0) is 7.05 Å². The second-order valence-corrected chi connectivity index (χ2v) is 6.11. The van der Waals surface area contributed by atoms with E-state index in [0.29, 0.717) is 11.1 Å². The van der Waals surface area contributed by atoms with Gasteiger partial charge >= 0.3 is 0 Å². The van der Waals surface area contributed by atoms with Crippen LogP contribution in [0.4, 0.5) is 0 Å². The third-order valence-corrected chi connectivity index (χ3v) is 4.50. The molecule has 2 heterocycles. The Kier molecular flexibility index (Phi) is 3.83. The number of fused-ring (bicyclic) bond motifs is 1. The van der Waals surface area contributed by atoms with Crippen molar-refractivity contribution in [1.82, 2.24) is 9.55 Å². The molecule has 0 fully saturated rings. The number of aryl methyl sites for hydroxylation is 1. The quantitative estimate of drug-likeness (QED) is 0.552. The number of nitriles is 1. The van der Waals surface area contributed by atoms with E-state index in [1.807, 2.05) is 54.6 Å². The van der Waals surface area contributed by atoms with E-state index >= 15 is 0 Å². The normalized spacial score (nSPS) is 10.6. The molecule has 4 aromatic rings. The summed E-state index contributed by atoms with van der Waals surface area (Å²) in [7, 11) is 1.78. The van der Waals surface area contributed by atoms with Gasteiger partial charge in [0.25, 0.3) is 5.56 Å². The molecular weight excluding hydrogens is 322 g/mol. The fourth-order valence-corrected chi connectivity index (χ4v) is 3.06. The van der Waals surface area contributed by atoms with Crippen LogP contribution in [0.15, 0.2) is 77.7 Å². The molecule has 0 bridgehead atoms. The Bertz CT molecular complexity index is 1200. The lowest BCUT2D eigenvalue weighted by molar-refractivity contribution is 0.907. The van der Waals surface area contributed by atoms with Gasteiger partial charge in [0.2, 0.25) is 0 Å². The predicted molar refractivity (Wildman–Crippen MR) is 103 cm³/mol. The Morgan fingerprint density at radius 3 is 2.38 bits per heavy atom. The average molecular weight is 337 g/mol. The van der Waals surface area contributed by atoms with E-state index in [9.17, 15) is 4.79 Å². The lowest BCUT2D eigenvalue weighted by Crippen LogP contribution is -2.19. The molecule has 0 spiro atoms. The maximum absolute atomic E-state index is 12.8. The standard InChI is InChI=1S/C22H15N3O/c1-25-21-12-20(17-9-7-15(13-23)8-10-17)24-14-18(21)11-19(22(25)26)16-5-3-2-4-6-16/h2-12,14H,1H3. The number of hydrogen-bond donors (Lipinski definition) is 0. The van der Waals surface area contributed by atoms with Crippen LogP contribution < -0.4 is 5.56 Å². The SMILES string of the molecule is Cn1c(=O)c(-c2ccccc2)cc2cnc(-c3ccc(C#N)cc3)cc21. The summed E-state index contributed by atoms with van der Waals surface area (Å²) in [4.78, 5) is 17.4. The van der Waals surface area contributed by atoms with Gasteiger partial charge in [-0.15, -0.1) is 0 Å². The van der Waals surface area contributed by atoms with Gasteiger partial charge in [-0.25, -0.2) is 0 Å². The summed E-state index contributed by atoms with van der Waals surface area (Å²) in [5, 5.41) is 9.83. The van der Waals surface area contributed by atoms with Gasteiger partial charge in [0.1, 0.15) is 0 Å². The Labute approximate surface area is 150 Å². The molecule has 2 aromatic heterocycles. The van der Waals surface area contributed by atoms with Crippen molar-refractivity contribution in [2.45, 2.75) is 0 Å². The van der Waals surface area contributed by atoms with Gasteiger partial charge < -0.3 is 4.57 Å². The molecule has 0 atom stereocenters.